The van der Waals surface area contributed by atoms with Gasteiger partial charge in [-0.2, -0.15) is 10.2 Å². The largest absolute Gasteiger partial charge is 0.349 e. The topological polar surface area (TPSA) is 126 Å². The molecule has 1 saturated carbocycles. The van der Waals surface area contributed by atoms with E-state index in [4.69, 9.17) is 0 Å². The Hall–Kier alpha value is -4.15. The number of nitrogens with one attached hydrogen (secondary N) is 3. The Morgan fingerprint density at radius 1 is 1.11 bits per heavy atom. The van der Waals surface area contributed by atoms with Crippen LogP contribution in [-0.2, 0) is 4.79 Å². The molecule has 0 aromatic carbocycles. The quantitative estimate of drug-likeness (QED) is 0.346. The molecule has 10 nitrogen and oxygen atoms in total. The highest BCUT2D eigenvalue weighted by atomic mass is 19.1. The zero-order valence-corrected chi connectivity index (χ0v) is 21.5. The maximum Gasteiger partial charge on any atom is 0.226 e. The minimum Gasteiger partial charge on any atom is -0.349 e. The summed E-state index contributed by atoms with van der Waals surface area (Å²) in [6, 6.07) is 7.31. The van der Waals surface area contributed by atoms with Gasteiger partial charge in [0.1, 0.15) is 12.1 Å². The normalized spacial score (nSPS) is 14.9. The molecule has 1 amide bonds. The van der Waals surface area contributed by atoms with Crippen molar-refractivity contribution in [2.24, 2.45) is 5.41 Å². The van der Waals surface area contributed by atoms with Crippen molar-refractivity contribution in [3.05, 3.63) is 72.0 Å². The number of rotatable bonds is 6. The zero-order valence-electron chi connectivity index (χ0n) is 21.5. The van der Waals surface area contributed by atoms with Gasteiger partial charge in [-0.1, -0.05) is 25.8 Å². The molecule has 5 rings (SSSR count). The molecule has 1 unspecified atom stereocenters. The Balaban J connectivity index is 0.000000195. The summed E-state index contributed by atoms with van der Waals surface area (Å²) in [5, 5.41) is 16.9. The maximum absolute atomic E-state index is 13.0. The van der Waals surface area contributed by atoms with E-state index in [1.54, 1.807) is 12.3 Å². The number of H-pyrrole nitrogens is 1. The maximum atomic E-state index is 13.0. The van der Waals surface area contributed by atoms with Gasteiger partial charge >= 0.3 is 0 Å². The van der Waals surface area contributed by atoms with Gasteiger partial charge < -0.3 is 10.6 Å². The van der Waals surface area contributed by atoms with Crippen LogP contribution in [0, 0.1) is 25.1 Å². The van der Waals surface area contributed by atoms with Crippen molar-refractivity contribution in [2.75, 3.05) is 5.32 Å². The fraction of sp³-hybridized carbons (Fsp3) is 0.385. The Kier molecular flexibility index (Phi) is 7.90. The van der Waals surface area contributed by atoms with Gasteiger partial charge in [-0.15, -0.1) is 0 Å². The first-order valence-corrected chi connectivity index (χ1v) is 12.3. The summed E-state index contributed by atoms with van der Waals surface area (Å²) in [4.78, 5) is 24.8. The Bertz CT molecular complexity index is 1330. The van der Waals surface area contributed by atoms with Crippen LogP contribution in [0.1, 0.15) is 62.5 Å². The molecule has 4 heterocycles. The molecular weight excluding hydrogens is 473 g/mol. The highest BCUT2D eigenvalue weighted by Gasteiger charge is 2.36. The van der Waals surface area contributed by atoms with Gasteiger partial charge in [0.15, 0.2) is 17.5 Å². The molecular formula is C26H32FN9O. The second kappa shape index (κ2) is 11.3. The number of hydrogen-bond acceptors (Lipinski definition) is 7. The van der Waals surface area contributed by atoms with E-state index in [2.05, 4.69) is 40.9 Å². The third-order valence-electron chi connectivity index (χ3n) is 6.43. The van der Waals surface area contributed by atoms with Crippen molar-refractivity contribution in [3.8, 4) is 5.82 Å². The lowest BCUT2D eigenvalue weighted by molar-refractivity contribution is -0.130. The first-order chi connectivity index (χ1) is 17.7. The summed E-state index contributed by atoms with van der Waals surface area (Å²) >= 11 is 0. The Labute approximate surface area is 215 Å². The number of pyridine rings is 1. The van der Waals surface area contributed by atoms with E-state index >= 15 is 0 Å². The van der Waals surface area contributed by atoms with E-state index in [-0.39, 0.29) is 17.4 Å². The van der Waals surface area contributed by atoms with Crippen LogP contribution in [0.4, 0.5) is 16.0 Å². The van der Waals surface area contributed by atoms with Crippen molar-refractivity contribution >= 4 is 17.5 Å². The average Bonchev–Trinajstić information content (AvgIpc) is 3.62. The van der Waals surface area contributed by atoms with Gasteiger partial charge in [0.05, 0.1) is 18.4 Å². The highest BCUT2D eigenvalue weighted by molar-refractivity contribution is 5.82. The van der Waals surface area contributed by atoms with Gasteiger partial charge in [-0.25, -0.2) is 24.0 Å². The highest BCUT2D eigenvalue weighted by Crippen LogP contribution is 2.38. The van der Waals surface area contributed by atoms with Gasteiger partial charge in [-0.3, -0.25) is 9.89 Å². The molecule has 1 fully saturated rings. The number of amides is 1. The van der Waals surface area contributed by atoms with Crippen LogP contribution in [0.5, 0.6) is 0 Å². The zero-order chi connectivity index (χ0) is 26.4. The van der Waals surface area contributed by atoms with Crippen LogP contribution in [0.3, 0.4) is 0 Å². The molecule has 1 aliphatic carbocycles. The summed E-state index contributed by atoms with van der Waals surface area (Å²) in [6.45, 7) is 7.85. The van der Waals surface area contributed by atoms with E-state index in [1.165, 1.54) is 17.2 Å². The SMILES string of the molecule is CC(NC(=O)C1(C)CCCC1)c1ccc(-n2cc(F)cn2)nc1.Cc1cc(Nc2cc(C)[nH]n2)ncn1. The van der Waals surface area contributed by atoms with Crippen molar-refractivity contribution < 1.29 is 9.18 Å². The molecule has 194 valence electrons. The Morgan fingerprint density at radius 2 is 1.89 bits per heavy atom. The average molecular weight is 506 g/mol. The van der Waals surface area contributed by atoms with E-state index in [0.717, 1.165) is 60.5 Å². The lowest BCUT2D eigenvalue weighted by Gasteiger charge is -2.25. The van der Waals surface area contributed by atoms with Crippen molar-refractivity contribution in [2.45, 2.75) is 59.4 Å². The van der Waals surface area contributed by atoms with E-state index in [9.17, 15) is 9.18 Å². The molecule has 4 aromatic heterocycles. The standard InChI is InChI=1S/C17H21FN4O.C9H11N5/c1-12(21-16(23)17(2)7-3-4-8-17)13-5-6-15(19-9-13)22-11-14(18)10-20-22;1-6-3-8(11-5-10-6)12-9-4-7(2)13-14-9/h5-6,9-12H,3-4,7-8H2,1-2H3,(H,21,23);3-5H,1-2H3,(H2,10,11,12,13,14). The second-order valence-electron chi connectivity index (χ2n) is 9.62. The predicted octanol–water partition coefficient (Wildman–Crippen LogP) is 4.72. The molecule has 4 aromatic rings. The number of halogens is 1. The van der Waals surface area contributed by atoms with Gasteiger partial charge in [-0.05, 0) is 45.2 Å². The van der Waals surface area contributed by atoms with Crippen molar-refractivity contribution in [1.29, 1.82) is 0 Å². The van der Waals surface area contributed by atoms with Crippen LogP contribution in [0.15, 0.2) is 49.2 Å². The van der Waals surface area contributed by atoms with Gasteiger partial charge in [0, 0.05) is 35.1 Å². The van der Waals surface area contributed by atoms with Crippen LogP contribution in [0.25, 0.3) is 5.82 Å². The lowest BCUT2D eigenvalue weighted by Crippen LogP contribution is -2.38. The molecule has 1 aliphatic rings. The van der Waals surface area contributed by atoms with Crippen LogP contribution in [0.2, 0.25) is 0 Å². The predicted molar refractivity (Wildman–Crippen MR) is 138 cm³/mol. The number of nitrogens with zero attached hydrogens (tertiary/aromatic N) is 6. The fourth-order valence-corrected chi connectivity index (χ4v) is 4.19. The Morgan fingerprint density at radius 3 is 2.49 bits per heavy atom. The molecule has 0 saturated heterocycles. The molecule has 37 heavy (non-hydrogen) atoms. The summed E-state index contributed by atoms with van der Waals surface area (Å²) in [5.41, 5.74) is 2.61. The number of carbonyl (C=O) groups is 1. The molecule has 11 heteroatoms. The van der Waals surface area contributed by atoms with Crippen molar-refractivity contribution in [1.82, 2.24) is 40.2 Å². The number of aromatic amines is 1. The molecule has 3 N–H and O–H groups in total. The molecule has 0 bridgehead atoms. The van der Waals surface area contributed by atoms with Gasteiger partial charge in [0.2, 0.25) is 5.91 Å². The van der Waals surface area contributed by atoms with E-state index in [0.29, 0.717) is 5.82 Å². The fourth-order valence-electron chi connectivity index (χ4n) is 4.19. The van der Waals surface area contributed by atoms with E-state index < -0.39 is 5.82 Å². The number of carbonyl (C=O) groups excluding carboxylic acids is 1. The summed E-state index contributed by atoms with van der Waals surface area (Å²) in [7, 11) is 0. The number of anilines is 2. The summed E-state index contributed by atoms with van der Waals surface area (Å²) in [5.74, 6) is 1.77. The van der Waals surface area contributed by atoms with Crippen molar-refractivity contribution in [3.63, 3.8) is 0 Å². The number of hydrogen-bond donors (Lipinski definition) is 3. The van der Waals surface area contributed by atoms with Crippen LogP contribution < -0.4 is 10.6 Å². The first kappa shape index (κ1) is 25.9. The minimum absolute atomic E-state index is 0.112. The second-order valence-corrected chi connectivity index (χ2v) is 9.62. The molecule has 0 spiro atoms. The monoisotopic (exact) mass is 505 g/mol. The van der Waals surface area contributed by atoms with Crippen LogP contribution >= 0.6 is 0 Å². The number of aromatic nitrogens is 7. The smallest absolute Gasteiger partial charge is 0.226 e. The van der Waals surface area contributed by atoms with E-state index in [1.807, 2.05) is 45.9 Å². The summed E-state index contributed by atoms with van der Waals surface area (Å²) in [6.07, 6.45) is 9.77. The first-order valence-electron chi connectivity index (χ1n) is 12.3. The van der Waals surface area contributed by atoms with Gasteiger partial charge in [0.25, 0.3) is 0 Å². The lowest BCUT2D eigenvalue weighted by atomic mass is 9.87. The molecule has 0 radical (unpaired) electrons. The number of aryl methyl sites for hydroxylation is 2. The third-order valence-corrected chi connectivity index (χ3v) is 6.43. The molecule has 1 atom stereocenters. The third kappa shape index (κ3) is 6.75. The summed E-state index contributed by atoms with van der Waals surface area (Å²) < 4.78 is 14.4. The minimum atomic E-state index is -0.402. The van der Waals surface area contributed by atoms with Crippen LogP contribution in [-0.4, -0.2) is 40.8 Å². The molecule has 0 aliphatic heterocycles.